The van der Waals surface area contributed by atoms with Gasteiger partial charge in [-0.3, -0.25) is 4.79 Å². The zero-order valence-electron chi connectivity index (χ0n) is 14.4. The number of hydrogen-bond acceptors (Lipinski definition) is 1. The molecule has 2 nitrogen and oxygen atoms in total. The minimum Gasteiger partial charge on any atom is -0.481 e. The van der Waals surface area contributed by atoms with E-state index in [4.69, 9.17) is 0 Å². The van der Waals surface area contributed by atoms with Crippen LogP contribution in [0.3, 0.4) is 0 Å². The Morgan fingerprint density at radius 3 is 2.64 bits per heavy atom. The number of aliphatic carboxylic acids is 1. The molecule has 0 aromatic rings. The maximum Gasteiger partial charge on any atom is 0.309 e. The fraction of sp³-hybridized carbons (Fsp3) is 0.750. The molecule has 5 atom stereocenters. The van der Waals surface area contributed by atoms with Crippen LogP contribution in [0.2, 0.25) is 0 Å². The van der Waals surface area contributed by atoms with Crippen molar-refractivity contribution >= 4 is 5.97 Å². The van der Waals surface area contributed by atoms with Gasteiger partial charge in [0.25, 0.3) is 0 Å². The maximum absolute atomic E-state index is 11.9. The molecule has 2 fully saturated rings. The molecule has 0 amide bonds. The number of carboxylic acid groups (broad SMARTS) is 1. The largest absolute Gasteiger partial charge is 0.481 e. The van der Waals surface area contributed by atoms with Crippen LogP contribution in [0.4, 0.5) is 0 Å². The molecule has 0 heterocycles. The van der Waals surface area contributed by atoms with Crippen molar-refractivity contribution in [2.75, 3.05) is 0 Å². The molecule has 2 heteroatoms. The van der Waals surface area contributed by atoms with Gasteiger partial charge in [-0.25, -0.2) is 0 Å². The lowest BCUT2D eigenvalue weighted by molar-refractivity contribution is -0.166. The van der Waals surface area contributed by atoms with Gasteiger partial charge in [0.05, 0.1) is 5.41 Å². The van der Waals surface area contributed by atoms with E-state index in [0.29, 0.717) is 23.7 Å². The zero-order chi connectivity index (χ0) is 16.1. The first-order chi connectivity index (χ1) is 10.3. The molecule has 4 unspecified atom stereocenters. The minimum atomic E-state index is -0.583. The molecule has 0 aromatic carbocycles. The average molecular weight is 302 g/mol. The van der Waals surface area contributed by atoms with Crippen LogP contribution in [-0.2, 0) is 4.79 Å². The van der Waals surface area contributed by atoms with Crippen LogP contribution in [0.5, 0.6) is 0 Å². The van der Waals surface area contributed by atoms with E-state index in [1.807, 2.05) is 6.92 Å². The SMILES string of the molecule is CC(C)C1=CC2CCC3C(C)(C(=O)O)CCC[C@]3(C)C2C=C1. The second-order valence-corrected chi connectivity index (χ2v) is 8.58. The van der Waals surface area contributed by atoms with Gasteiger partial charge >= 0.3 is 5.97 Å². The Hall–Kier alpha value is -1.05. The van der Waals surface area contributed by atoms with Gasteiger partial charge in [-0.2, -0.15) is 0 Å². The van der Waals surface area contributed by atoms with Crippen molar-refractivity contribution in [3.05, 3.63) is 23.8 Å². The molecule has 2 saturated carbocycles. The van der Waals surface area contributed by atoms with Gasteiger partial charge in [-0.05, 0) is 67.3 Å². The molecular formula is C20H30O2. The van der Waals surface area contributed by atoms with E-state index in [-0.39, 0.29) is 5.41 Å². The molecule has 0 radical (unpaired) electrons. The molecule has 0 bridgehead atoms. The van der Waals surface area contributed by atoms with Crippen LogP contribution in [0.15, 0.2) is 23.8 Å². The topological polar surface area (TPSA) is 37.3 Å². The smallest absolute Gasteiger partial charge is 0.309 e. The molecular weight excluding hydrogens is 272 g/mol. The van der Waals surface area contributed by atoms with Crippen molar-refractivity contribution in [1.82, 2.24) is 0 Å². The highest BCUT2D eigenvalue weighted by atomic mass is 16.4. The van der Waals surface area contributed by atoms with Crippen LogP contribution in [-0.4, -0.2) is 11.1 Å². The van der Waals surface area contributed by atoms with Gasteiger partial charge in [0.1, 0.15) is 0 Å². The number of rotatable bonds is 2. The van der Waals surface area contributed by atoms with E-state index < -0.39 is 11.4 Å². The Kier molecular flexibility index (Phi) is 3.78. The number of fused-ring (bicyclic) bond motifs is 3. The van der Waals surface area contributed by atoms with Crippen molar-refractivity contribution in [1.29, 1.82) is 0 Å². The highest BCUT2D eigenvalue weighted by molar-refractivity contribution is 5.75. The predicted molar refractivity (Wildman–Crippen MR) is 89.5 cm³/mol. The molecule has 0 saturated heterocycles. The van der Waals surface area contributed by atoms with Crippen molar-refractivity contribution in [2.24, 2.45) is 34.5 Å². The quantitative estimate of drug-likeness (QED) is 0.774. The number of carboxylic acids is 1. The molecule has 3 aliphatic carbocycles. The molecule has 0 spiro atoms. The van der Waals surface area contributed by atoms with Gasteiger partial charge in [0, 0.05) is 0 Å². The molecule has 1 N–H and O–H groups in total. The van der Waals surface area contributed by atoms with E-state index >= 15 is 0 Å². The summed E-state index contributed by atoms with van der Waals surface area (Å²) in [5, 5.41) is 9.83. The highest BCUT2D eigenvalue weighted by Crippen LogP contribution is 2.62. The van der Waals surface area contributed by atoms with Crippen molar-refractivity contribution in [3.63, 3.8) is 0 Å². The lowest BCUT2D eigenvalue weighted by Crippen LogP contribution is -2.54. The summed E-state index contributed by atoms with van der Waals surface area (Å²) in [5.74, 6) is 1.44. The second kappa shape index (κ2) is 5.25. The minimum absolute atomic E-state index is 0.143. The standard InChI is InChI=1S/C20H30O2/c1-13(2)14-6-8-16-15(12-14)7-9-17-19(16,3)10-5-11-20(17,4)18(21)22/h6,8,12-13,15-17H,5,7,9-11H2,1-4H3,(H,21,22)/t15?,16?,17?,19-,20?/m1/s1. The summed E-state index contributed by atoms with van der Waals surface area (Å²) in [6.07, 6.45) is 12.5. The third-order valence-corrected chi connectivity index (χ3v) is 7.05. The lowest BCUT2D eigenvalue weighted by Gasteiger charge is -2.58. The predicted octanol–water partition coefficient (Wildman–Crippen LogP) is 5.06. The van der Waals surface area contributed by atoms with E-state index in [1.165, 1.54) is 12.0 Å². The van der Waals surface area contributed by atoms with Crippen molar-refractivity contribution < 1.29 is 9.90 Å². The first-order valence-corrected chi connectivity index (χ1v) is 8.92. The van der Waals surface area contributed by atoms with E-state index in [2.05, 4.69) is 39.0 Å². The first kappa shape index (κ1) is 15.8. The fourth-order valence-electron chi connectivity index (χ4n) is 5.70. The summed E-state index contributed by atoms with van der Waals surface area (Å²) in [6.45, 7) is 8.88. The van der Waals surface area contributed by atoms with Gasteiger partial charge in [-0.15, -0.1) is 0 Å². The molecule has 22 heavy (non-hydrogen) atoms. The Balaban J connectivity index is 1.94. The van der Waals surface area contributed by atoms with Crippen molar-refractivity contribution in [3.8, 4) is 0 Å². The maximum atomic E-state index is 11.9. The highest BCUT2D eigenvalue weighted by Gasteiger charge is 2.58. The van der Waals surface area contributed by atoms with Crippen molar-refractivity contribution in [2.45, 2.75) is 59.8 Å². The molecule has 0 aromatic heterocycles. The summed E-state index contributed by atoms with van der Waals surface area (Å²) in [5.41, 5.74) is 1.07. The van der Waals surface area contributed by atoms with Gasteiger partial charge in [0.2, 0.25) is 0 Å². The summed E-state index contributed by atoms with van der Waals surface area (Å²) in [7, 11) is 0. The number of allylic oxidation sites excluding steroid dienone is 4. The fourth-order valence-corrected chi connectivity index (χ4v) is 5.70. The number of hydrogen-bond donors (Lipinski definition) is 1. The van der Waals surface area contributed by atoms with Gasteiger partial charge < -0.3 is 5.11 Å². The Morgan fingerprint density at radius 2 is 2.00 bits per heavy atom. The Bertz CT molecular complexity index is 530. The third kappa shape index (κ3) is 2.18. The monoisotopic (exact) mass is 302 g/mol. The van der Waals surface area contributed by atoms with Gasteiger partial charge in [0.15, 0.2) is 0 Å². The summed E-state index contributed by atoms with van der Waals surface area (Å²) >= 11 is 0. The number of carbonyl (C=O) groups is 1. The van der Waals surface area contributed by atoms with Crippen LogP contribution in [0, 0.1) is 34.5 Å². The summed E-state index contributed by atoms with van der Waals surface area (Å²) in [6, 6.07) is 0. The summed E-state index contributed by atoms with van der Waals surface area (Å²) < 4.78 is 0. The molecule has 3 rings (SSSR count). The van der Waals surface area contributed by atoms with Crippen LogP contribution < -0.4 is 0 Å². The average Bonchev–Trinajstić information content (AvgIpc) is 2.46. The van der Waals surface area contributed by atoms with E-state index in [0.717, 1.165) is 25.7 Å². The van der Waals surface area contributed by atoms with E-state index in [9.17, 15) is 9.90 Å². The van der Waals surface area contributed by atoms with E-state index in [1.54, 1.807) is 0 Å². The summed E-state index contributed by atoms with van der Waals surface area (Å²) in [4.78, 5) is 11.9. The zero-order valence-corrected chi connectivity index (χ0v) is 14.4. The second-order valence-electron chi connectivity index (χ2n) is 8.58. The van der Waals surface area contributed by atoms with Gasteiger partial charge in [-0.1, -0.05) is 45.4 Å². The lowest BCUT2D eigenvalue weighted by atomic mass is 9.45. The first-order valence-electron chi connectivity index (χ1n) is 8.92. The van der Waals surface area contributed by atoms with Crippen LogP contribution >= 0.6 is 0 Å². The Morgan fingerprint density at radius 1 is 1.27 bits per heavy atom. The molecule has 3 aliphatic rings. The molecule has 0 aliphatic heterocycles. The van der Waals surface area contributed by atoms with Crippen LogP contribution in [0.1, 0.15) is 59.8 Å². The normalized spacial score (nSPS) is 44.2. The molecule has 122 valence electrons. The third-order valence-electron chi connectivity index (χ3n) is 7.05. The Labute approximate surface area is 134 Å². The van der Waals surface area contributed by atoms with Crippen LogP contribution in [0.25, 0.3) is 0 Å².